The standard InChI is InChI=1S/C13H23NO2/c1-11-9-14(7-3-12(11)15)10-13(4-5-13)6-8-16-2/h11H,3-10H2,1-2H3. The number of ether oxygens (including phenoxy) is 1. The van der Waals surface area contributed by atoms with E-state index in [1.54, 1.807) is 7.11 Å². The second-order valence-electron chi connectivity index (χ2n) is 5.60. The molecule has 1 unspecified atom stereocenters. The highest BCUT2D eigenvalue weighted by molar-refractivity contribution is 5.81. The number of likely N-dealkylation sites (tertiary alicyclic amines) is 1. The highest BCUT2D eigenvalue weighted by Gasteiger charge is 2.43. The Morgan fingerprint density at radius 3 is 2.81 bits per heavy atom. The molecule has 1 aliphatic heterocycles. The summed E-state index contributed by atoms with van der Waals surface area (Å²) in [5.74, 6) is 0.685. The van der Waals surface area contributed by atoms with E-state index < -0.39 is 0 Å². The van der Waals surface area contributed by atoms with E-state index in [0.717, 1.165) is 26.1 Å². The largest absolute Gasteiger partial charge is 0.385 e. The van der Waals surface area contributed by atoms with E-state index in [9.17, 15) is 4.79 Å². The molecule has 16 heavy (non-hydrogen) atoms. The van der Waals surface area contributed by atoms with Gasteiger partial charge in [-0.05, 0) is 24.7 Å². The van der Waals surface area contributed by atoms with Crippen LogP contribution in [-0.4, -0.2) is 44.0 Å². The average Bonchev–Trinajstić information content (AvgIpc) is 3.01. The van der Waals surface area contributed by atoms with Crippen LogP contribution in [0.5, 0.6) is 0 Å². The summed E-state index contributed by atoms with van der Waals surface area (Å²) in [5, 5.41) is 0. The van der Waals surface area contributed by atoms with Crippen LogP contribution in [0.3, 0.4) is 0 Å². The minimum Gasteiger partial charge on any atom is -0.385 e. The lowest BCUT2D eigenvalue weighted by molar-refractivity contribution is -0.125. The van der Waals surface area contributed by atoms with Crippen molar-refractivity contribution in [2.24, 2.45) is 11.3 Å². The third-order valence-corrected chi connectivity index (χ3v) is 4.11. The Labute approximate surface area is 98.1 Å². The zero-order valence-electron chi connectivity index (χ0n) is 10.5. The summed E-state index contributed by atoms with van der Waals surface area (Å²) in [6, 6.07) is 0. The Balaban J connectivity index is 1.79. The number of piperidine rings is 1. The van der Waals surface area contributed by atoms with Gasteiger partial charge >= 0.3 is 0 Å². The maximum atomic E-state index is 11.4. The quantitative estimate of drug-likeness (QED) is 0.713. The second-order valence-corrected chi connectivity index (χ2v) is 5.60. The minimum atomic E-state index is 0.243. The maximum absolute atomic E-state index is 11.4. The first-order valence-corrected chi connectivity index (χ1v) is 6.39. The Kier molecular flexibility index (Phi) is 3.65. The van der Waals surface area contributed by atoms with Gasteiger partial charge in [-0.15, -0.1) is 0 Å². The monoisotopic (exact) mass is 225 g/mol. The zero-order chi connectivity index (χ0) is 11.6. The van der Waals surface area contributed by atoms with Crippen molar-refractivity contribution in [3.05, 3.63) is 0 Å². The number of ketones is 1. The van der Waals surface area contributed by atoms with Crippen molar-refractivity contribution >= 4 is 5.78 Å². The molecule has 3 nitrogen and oxygen atoms in total. The normalized spacial score (nSPS) is 29.4. The Morgan fingerprint density at radius 1 is 1.50 bits per heavy atom. The van der Waals surface area contributed by atoms with Crippen LogP contribution in [0.25, 0.3) is 0 Å². The zero-order valence-corrected chi connectivity index (χ0v) is 10.5. The molecule has 0 radical (unpaired) electrons. The third-order valence-electron chi connectivity index (χ3n) is 4.11. The van der Waals surface area contributed by atoms with E-state index >= 15 is 0 Å². The molecule has 0 aromatic rings. The van der Waals surface area contributed by atoms with Gasteiger partial charge < -0.3 is 9.64 Å². The van der Waals surface area contributed by atoms with Crippen LogP contribution in [0.1, 0.15) is 32.6 Å². The van der Waals surface area contributed by atoms with E-state index in [-0.39, 0.29) is 5.92 Å². The van der Waals surface area contributed by atoms with Crippen molar-refractivity contribution in [3.63, 3.8) is 0 Å². The Morgan fingerprint density at radius 2 is 2.25 bits per heavy atom. The van der Waals surface area contributed by atoms with Crippen molar-refractivity contribution < 1.29 is 9.53 Å². The molecule has 0 aromatic carbocycles. The fourth-order valence-corrected chi connectivity index (χ4v) is 2.70. The molecule has 2 aliphatic rings. The topological polar surface area (TPSA) is 29.5 Å². The molecule has 0 N–H and O–H groups in total. The fourth-order valence-electron chi connectivity index (χ4n) is 2.70. The number of rotatable bonds is 5. The molecule has 2 rings (SSSR count). The number of nitrogens with zero attached hydrogens (tertiary/aromatic N) is 1. The molecule has 1 heterocycles. The van der Waals surface area contributed by atoms with Crippen LogP contribution in [0.2, 0.25) is 0 Å². The van der Waals surface area contributed by atoms with Crippen LogP contribution in [0.4, 0.5) is 0 Å². The maximum Gasteiger partial charge on any atom is 0.138 e. The van der Waals surface area contributed by atoms with Crippen LogP contribution >= 0.6 is 0 Å². The van der Waals surface area contributed by atoms with Crippen molar-refractivity contribution in [1.82, 2.24) is 4.90 Å². The molecular formula is C13H23NO2. The lowest BCUT2D eigenvalue weighted by atomic mass is 9.95. The third kappa shape index (κ3) is 2.83. The van der Waals surface area contributed by atoms with Gasteiger partial charge in [0.2, 0.25) is 0 Å². The number of hydrogen-bond donors (Lipinski definition) is 0. The number of methoxy groups -OCH3 is 1. The first kappa shape index (κ1) is 12.1. The van der Waals surface area contributed by atoms with Crippen LogP contribution < -0.4 is 0 Å². The first-order chi connectivity index (χ1) is 7.65. The minimum absolute atomic E-state index is 0.243. The van der Waals surface area contributed by atoms with Gasteiger partial charge in [-0.1, -0.05) is 6.92 Å². The Bertz CT molecular complexity index is 261. The number of carbonyl (C=O) groups is 1. The lowest BCUT2D eigenvalue weighted by Gasteiger charge is -2.33. The van der Waals surface area contributed by atoms with Crippen LogP contribution in [-0.2, 0) is 9.53 Å². The van der Waals surface area contributed by atoms with Gasteiger partial charge in [0.25, 0.3) is 0 Å². The molecule has 0 aromatic heterocycles. The molecule has 0 bridgehead atoms. The van der Waals surface area contributed by atoms with Crippen LogP contribution in [0.15, 0.2) is 0 Å². The number of hydrogen-bond acceptors (Lipinski definition) is 3. The SMILES string of the molecule is COCCC1(CN2CCC(=O)C(C)C2)CC1. The van der Waals surface area contributed by atoms with E-state index in [2.05, 4.69) is 11.8 Å². The first-order valence-electron chi connectivity index (χ1n) is 6.39. The molecule has 2 fully saturated rings. The highest BCUT2D eigenvalue weighted by Crippen LogP contribution is 2.49. The molecule has 3 heteroatoms. The highest BCUT2D eigenvalue weighted by atomic mass is 16.5. The molecule has 92 valence electrons. The second kappa shape index (κ2) is 4.84. The van der Waals surface area contributed by atoms with E-state index in [4.69, 9.17) is 4.74 Å². The van der Waals surface area contributed by atoms with Crippen molar-refractivity contribution in [2.45, 2.75) is 32.6 Å². The average molecular weight is 225 g/mol. The van der Waals surface area contributed by atoms with E-state index in [0.29, 0.717) is 11.2 Å². The lowest BCUT2D eigenvalue weighted by Crippen LogP contribution is -2.42. The van der Waals surface area contributed by atoms with Gasteiger partial charge in [0, 0.05) is 45.7 Å². The van der Waals surface area contributed by atoms with Gasteiger partial charge in [-0.25, -0.2) is 0 Å². The molecule has 1 saturated heterocycles. The number of carbonyl (C=O) groups excluding carboxylic acids is 1. The molecule has 1 saturated carbocycles. The summed E-state index contributed by atoms with van der Waals surface area (Å²) < 4.78 is 5.17. The summed E-state index contributed by atoms with van der Waals surface area (Å²) >= 11 is 0. The molecular weight excluding hydrogens is 202 g/mol. The summed E-state index contributed by atoms with van der Waals surface area (Å²) in [5.41, 5.74) is 0.524. The molecule has 0 amide bonds. The van der Waals surface area contributed by atoms with Gasteiger partial charge in [-0.2, -0.15) is 0 Å². The Hall–Kier alpha value is -0.410. The van der Waals surface area contributed by atoms with Crippen molar-refractivity contribution in [1.29, 1.82) is 0 Å². The predicted octanol–water partition coefficient (Wildman–Crippen LogP) is 1.71. The molecule has 1 aliphatic carbocycles. The van der Waals surface area contributed by atoms with E-state index in [1.165, 1.54) is 25.8 Å². The molecule has 0 spiro atoms. The summed E-state index contributed by atoms with van der Waals surface area (Å²) in [6.07, 6.45) is 4.62. The van der Waals surface area contributed by atoms with Gasteiger partial charge in [0.1, 0.15) is 5.78 Å². The smallest absolute Gasteiger partial charge is 0.138 e. The van der Waals surface area contributed by atoms with Crippen molar-refractivity contribution in [3.8, 4) is 0 Å². The summed E-state index contributed by atoms with van der Waals surface area (Å²) in [7, 11) is 1.78. The summed E-state index contributed by atoms with van der Waals surface area (Å²) in [4.78, 5) is 13.9. The van der Waals surface area contributed by atoms with Crippen LogP contribution in [0, 0.1) is 11.3 Å². The van der Waals surface area contributed by atoms with Gasteiger partial charge in [0.05, 0.1) is 0 Å². The van der Waals surface area contributed by atoms with Gasteiger partial charge in [-0.3, -0.25) is 4.79 Å². The number of Topliss-reactive ketones (excluding diaryl/α,β-unsaturated/α-hetero) is 1. The summed E-state index contributed by atoms with van der Waals surface area (Å²) in [6.45, 7) is 6.05. The van der Waals surface area contributed by atoms with Gasteiger partial charge in [0.15, 0.2) is 0 Å². The van der Waals surface area contributed by atoms with Crippen molar-refractivity contribution in [2.75, 3.05) is 33.4 Å². The fraction of sp³-hybridized carbons (Fsp3) is 0.923. The molecule has 1 atom stereocenters. The predicted molar refractivity (Wildman–Crippen MR) is 63.4 cm³/mol. The van der Waals surface area contributed by atoms with E-state index in [1.807, 2.05) is 0 Å².